The van der Waals surface area contributed by atoms with E-state index in [9.17, 15) is 0 Å². The van der Waals surface area contributed by atoms with E-state index in [4.69, 9.17) is 16.3 Å². The number of hydrogen-bond donors (Lipinski definition) is 0. The Morgan fingerprint density at radius 3 is 2.80 bits per heavy atom. The highest BCUT2D eigenvalue weighted by Gasteiger charge is 2.19. The number of halogens is 1. The van der Waals surface area contributed by atoms with E-state index in [0.717, 1.165) is 44.0 Å². The fourth-order valence-electron chi connectivity index (χ4n) is 1.80. The van der Waals surface area contributed by atoms with Crippen LogP contribution < -0.4 is 0 Å². The Morgan fingerprint density at radius 2 is 2.13 bits per heavy atom. The van der Waals surface area contributed by atoms with Crippen molar-refractivity contribution < 1.29 is 4.74 Å². The highest BCUT2D eigenvalue weighted by Crippen LogP contribution is 2.25. The molecular weight excluding hydrogens is 212 g/mol. The molecule has 0 bridgehead atoms. The smallest absolute Gasteiger partial charge is 0.133 e. The highest BCUT2D eigenvalue weighted by molar-refractivity contribution is 6.29. The van der Waals surface area contributed by atoms with Crippen molar-refractivity contribution in [3.05, 3.63) is 22.7 Å². The Hall–Kier alpha value is -0.670. The van der Waals surface area contributed by atoms with Gasteiger partial charge in [-0.05, 0) is 25.3 Å². The van der Waals surface area contributed by atoms with Gasteiger partial charge >= 0.3 is 0 Å². The Bertz CT molecular complexity index is 337. The summed E-state index contributed by atoms with van der Waals surface area (Å²) in [5.74, 6) is 1.31. The Morgan fingerprint density at radius 1 is 1.40 bits per heavy atom. The molecule has 1 aliphatic heterocycles. The van der Waals surface area contributed by atoms with Crippen molar-refractivity contribution in [3.8, 4) is 0 Å². The third-order valence-corrected chi connectivity index (χ3v) is 2.91. The van der Waals surface area contributed by atoms with E-state index >= 15 is 0 Å². The van der Waals surface area contributed by atoms with Gasteiger partial charge in [0.25, 0.3) is 0 Å². The molecule has 15 heavy (non-hydrogen) atoms. The summed E-state index contributed by atoms with van der Waals surface area (Å²) in [5, 5.41) is 0.559. The van der Waals surface area contributed by atoms with E-state index < -0.39 is 0 Å². The lowest BCUT2D eigenvalue weighted by atomic mass is 9.99. The van der Waals surface area contributed by atoms with Gasteiger partial charge in [0.2, 0.25) is 0 Å². The maximum atomic E-state index is 5.97. The lowest BCUT2D eigenvalue weighted by Crippen LogP contribution is -2.17. The first-order valence-corrected chi connectivity index (χ1v) is 5.78. The van der Waals surface area contributed by atoms with Gasteiger partial charge in [0.15, 0.2) is 0 Å². The molecule has 0 saturated carbocycles. The third-order valence-electron chi connectivity index (χ3n) is 2.71. The zero-order chi connectivity index (χ0) is 10.7. The summed E-state index contributed by atoms with van der Waals surface area (Å²) in [6, 6.07) is 1.84. The van der Waals surface area contributed by atoms with Crippen LogP contribution in [0.25, 0.3) is 0 Å². The average molecular weight is 227 g/mol. The molecule has 1 aromatic rings. The predicted octanol–water partition coefficient (Wildman–Crippen LogP) is 2.59. The van der Waals surface area contributed by atoms with Gasteiger partial charge in [0.05, 0.1) is 0 Å². The summed E-state index contributed by atoms with van der Waals surface area (Å²) in [5.41, 5.74) is 1.02. The normalized spacial score (nSPS) is 18.0. The summed E-state index contributed by atoms with van der Waals surface area (Å²) in [4.78, 5) is 8.83. The van der Waals surface area contributed by atoms with Crippen LogP contribution in [-0.4, -0.2) is 23.2 Å². The molecule has 2 heterocycles. The average Bonchev–Trinajstić information content (AvgIpc) is 2.29. The first-order chi connectivity index (χ1) is 7.29. The quantitative estimate of drug-likeness (QED) is 0.728. The molecule has 1 aliphatic rings. The summed E-state index contributed by atoms with van der Waals surface area (Å²) < 4.78 is 5.32. The summed E-state index contributed by atoms with van der Waals surface area (Å²) in [6.45, 7) is 3.69. The molecule has 0 aromatic carbocycles. The minimum atomic E-state index is 0.419. The van der Waals surface area contributed by atoms with E-state index in [1.807, 2.05) is 6.07 Å². The molecule has 0 radical (unpaired) electrons. The lowest BCUT2D eigenvalue weighted by Gasteiger charge is -2.21. The Balaban J connectivity index is 2.22. The predicted molar refractivity (Wildman–Crippen MR) is 59.2 cm³/mol. The Labute approximate surface area is 94.8 Å². The Kier molecular flexibility index (Phi) is 3.54. The number of nitrogens with zero attached hydrogens (tertiary/aromatic N) is 2. The van der Waals surface area contributed by atoms with E-state index in [1.165, 1.54) is 0 Å². The second-order valence-electron chi connectivity index (χ2n) is 3.78. The molecule has 82 valence electrons. The molecule has 0 unspecified atom stereocenters. The third kappa shape index (κ3) is 2.67. The molecule has 3 nitrogen and oxygen atoms in total. The molecule has 1 aromatic heterocycles. The van der Waals surface area contributed by atoms with Crippen LogP contribution in [0.1, 0.15) is 37.2 Å². The monoisotopic (exact) mass is 226 g/mol. The maximum Gasteiger partial charge on any atom is 0.133 e. The molecule has 2 rings (SSSR count). The van der Waals surface area contributed by atoms with Crippen molar-refractivity contribution in [2.45, 2.75) is 32.1 Å². The van der Waals surface area contributed by atoms with Crippen molar-refractivity contribution in [2.24, 2.45) is 0 Å². The fraction of sp³-hybridized carbons (Fsp3) is 0.636. The van der Waals surface area contributed by atoms with Crippen molar-refractivity contribution in [3.63, 3.8) is 0 Å². The molecule has 0 atom stereocenters. The van der Waals surface area contributed by atoms with Crippen LogP contribution in [0, 0.1) is 0 Å². The maximum absolute atomic E-state index is 5.97. The molecule has 0 N–H and O–H groups in total. The van der Waals surface area contributed by atoms with Crippen LogP contribution in [0.3, 0.4) is 0 Å². The van der Waals surface area contributed by atoms with Crippen LogP contribution >= 0.6 is 11.6 Å². The molecule has 0 spiro atoms. The molecule has 0 amide bonds. The SMILES string of the molecule is CCc1cc(Cl)nc(C2CCOCC2)n1. The number of aromatic nitrogens is 2. The molecule has 1 fully saturated rings. The molecule has 1 saturated heterocycles. The van der Waals surface area contributed by atoms with Crippen LogP contribution in [0.4, 0.5) is 0 Å². The minimum absolute atomic E-state index is 0.419. The van der Waals surface area contributed by atoms with E-state index in [1.54, 1.807) is 0 Å². The summed E-state index contributed by atoms with van der Waals surface area (Å²) >= 11 is 5.97. The van der Waals surface area contributed by atoms with Gasteiger partial charge in [0.1, 0.15) is 11.0 Å². The van der Waals surface area contributed by atoms with E-state index in [2.05, 4.69) is 16.9 Å². The van der Waals surface area contributed by atoms with Crippen LogP contribution in [0.2, 0.25) is 5.15 Å². The second kappa shape index (κ2) is 4.90. The topological polar surface area (TPSA) is 35.0 Å². The van der Waals surface area contributed by atoms with Crippen LogP contribution in [0.5, 0.6) is 0 Å². The van der Waals surface area contributed by atoms with Crippen molar-refractivity contribution in [1.29, 1.82) is 0 Å². The molecular formula is C11H15ClN2O. The van der Waals surface area contributed by atoms with Gasteiger partial charge in [-0.2, -0.15) is 0 Å². The summed E-state index contributed by atoms with van der Waals surface area (Å²) in [7, 11) is 0. The van der Waals surface area contributed by atoms with Gasteiger partial charge < -0.3 is 4.74 Å². The first kappa shape index (κ1) is 10.8. The number of ether oxygens (including phenoxy) is 1. The fourth-order valence-corrected chi connectivity index (χ4v) is 2.02. The molecule has 4 heteroatoms. The van der Waals surface area contributed by atoms with Crippen molar-refractivity contribution in [1.82, 2.24) is 9.97 Å². The lowest BCUT2D eigenvalue weighted by molar-refractivity contribution is 0.0835. The van der Waals surface area contributed by atoms with Gasteiger partial charge in [-0.3, -0.25) is 0 Å². The number of rotatable bonds is 2. The van der Waals surface area contributed by atoms with Crippen molar-refractivity contribution in [2.75, 3.05) is 13.2 Å². The zero-order valence-corrected chi connectivity index (χ0v) is 9.63. The molecule has 0 aliphatic carbocycles. The van der Waals surface area contributed by atoms with E-state index in [0.29, 0.717) is 11.1 Å². The highest BCUT2D eigenvalue weighted by atomic mass is 35.5. The second-order valence-corrected chi connectivity index (χ2v) is 4.17. The van der Waals surface area contributed by atoms with Crippen LogP contribution in [0.15, 0.2) is 6.07 Å². The largest absolute Gasteiger partial charge is 0.381 e. The van der Waals surface area contributed by atoms with Crippen LogP contribution in [-0.2, 0) is 11.2 Å². The number of aryl methyl sites for hydroxylation is 1. The van der Waals surface area contributed by atoms with Gasteiger partial charge in [-0.15, -0.1) is 0 Å². The number of hydrogen-bond acceptors (Lipinski definition) is 3. The minimum Gasteiger partial charge on any atom is -0.381 e. The van der Waals surface area contributed by atoms with Gasteiger partial charge in [-0.25, -0.2) is 9.97 Å². The standard InChI is InChI=1S/C11H15ClN2O/c1-2-9-7-10(12)14-11(13-9)8-3-5-15-6-4-8/h7-8H,2-6H2,1H3. The first-order valence-electron chi connectivity index (χ1n) is 5.40. The summed E-state index contributed by atoms with van der Waals surface area (Å²) in [6.07, 6.45) is 2.91. The zero-order valence-electron chi connectivity index (χ0n) is 8.87. The van der Waals surface area contributed by atoms with Gasteiger partial charge in [-0.1, -0.05) is 18.5 Å². The van der Waals surface area contributed by atoms with Gasteiger partial charge in [0, 0.05) is 24.8 Å². The van der Waals surface area contributed by atoms with E-state index in [-0.39, 0.29) is 0 Å². The van der Waals surface area contributed by atoms with Crippen molar-refractivity contribution >= 4 is 11.6 Å².